The summed E-state index contributed by atoms with van der Waals surface area (Å²) in [6, 6.07) is 42.4. The minimum atomic E-state index is -1.49. The molecule has 0 spiro atoms. The maximum atomic E-state index is 14.2. The summed E-state index contributed by atoms with van der Waals surface area (Å²) in [5, 5.41) is 12.4. The highest BCUT2D eigenvalue weighted by atomic mass is 16.6. The van der Waals surface area contributed by atoms with Gasteiger partial charge in [0.2, 0.25) is 6.10 Å². The first-order valence-corrected chi connectivity index (χ1v) is 18.7. The highest BCUT2D eigenvalue weighted by Crippen LogP contribution is 2.36. The van der Waals surface area contributed by atoms with Gasteiger partial charge in [0.25, 0.3) is 0 Å². The molecule has 0 radical (unpaired) electrons. The summed E-state index contributed by atoms with van der Waals surface area (Å²) in [4.78, 5) is 26.5. The van der Waals surface area contributed by atoms with E-state index in [1.165, 1.54) is 6.92 Å². The largest absolute Gasteiger partial charge is 0.497 e. The maximum absolute atomic E-state index is 14.2. The molecule has 0 heterocycles. The van der Waals surface area contributed by atoms with E-state index in [2.05, 4.69) is 0 Å². The number of ether oxygens (including phenoxy) is 8. The van der Waals surface area contributed by atoms with Crippen molar-refractivity contribution in [3.8, 4) is 11.5 Å². The Morgan fingerprint density at radius 1 is 0.509 bits per heavy atom. The number of hydrogen-bond acceptors (Lipinski definition) is 11. The van der Waals surface area contributed by atoms with Crippen LogP contribution in [-0.4, -0.2) is 67.9 Å². The number of rotatable bonds is 18. The van der Waals surface area contributed by atoms with Gasteiger partial charge in [-0.2, -0.15) is 0 Å². The zero-order chi connectivity index (χ0) is 40.0. The van der Waals surface area contributed by atoms with Gasteiger partial charge in [0.05, 0.1) is 40.6 Å². The van der Waals surface area contributed by atoms with Gasteiger partial charge in [-0.1, -0.05) is 115 Å². The Morgan fingerprint density at radius 3 is 1.30 bits per heavy atom. The van der Waals surface area contributed by atoms with E-state index in [-0.39, 0.29) is 26.4 Å². The van der Waals surface area contributed by atoms with Crippen LogP contribution in [0.3, 0.4) is 0 Å². The third-order valence-electron chi connectivity index (χ3n) is 9.59. The summed E-state index contributed by atoms with van der Waals surface area (Å²) in [7, 11) is 3.18. The van der Waals surface area contributed by atoms with Gasteiger partial charge in [0.1, 0.15) is 42.0 Å². The number of carbonyl (C=O) groups is 2. The quantitative estimate of drug-likeness (QED) is 0.0931. The number of hydrogen-bond donors (Lipinski definition) is 1. The van der Waals surface area contributed by atoms with Crippen molar-refractivity contribution in [3.05, 3.63) is 167 Å². The average molecular weight is 777 g/mol. The number of aliphatic hydroxyl groups excluding tert-OH is 1. The zero-order valence-corrected chi connectivity index (χ0v) is 32.2. The Morgan fingerprint density at radius 2 is 0.877 bits per heavy atom. The first-order valence-electron chi connectivity index (χ1n) is 18.7. The molecule has 0 aliphatic heterocycles. The fourth-order valence-electron chi connectivity index (χ4n) is 6.64. The van der Waals surface area contributed by atoms with Crippen molar-refractivity contribution in [1.29, 1.82) is 0 Å². The highest BCUT2D eigenvalue weighted by molar-refractivity contribution is 5.80. The molecule has 0 saturated heterocycles. The molecule has 1 fully saturated rings. The molecule has 1 aliphatic carbocycles. The minimum Gasteiger partial charge on any atom is -0.497 e. The molecular formula is C46H48O11. The molecule has 6 rings (SSSR count). The Bertz CT molecular complexity index is 1960. The summed E-state index contributed by atoms with van der Waals surface area (Å²) in [5.41, 5.74) is 3.75. The smallest absolute Gasteiger partial charge is 0.352 e. The Hall–Kier alpha value is -5.56. The number of benzene rings is 5. The molecule has 1 N–H and O–H groups in total. The van der Waals surface area contributed by atoms with Gasteiger partial charge in [0.15, 0.2) is 6.10 Å². The van der Waals surface area contributed by atoms with Crippen molar-refractivity contribution >= 4 is 11.9 Å². The standard InChI is InChI=1S/C46H48O11/c1-31(47)56-40(36-17-11-6-12-18-36)46(49)57-42-39(48)41(52-27-32-13-7-4-8-14-32)43(53-28-33-15-9-5-10-16-33)45(55-30-35-21-25-38(51-3)26-22-35)44(42)54-29-34-19-23-37(50-2)24-20-34/h4-26,39-45,48H,27-30H2,1-3H3/t39-,40+,41+,42-,43-,44+,45+/m1/s1. The SMILES string of the molecule is COc1ccc(CO[C@@H]2[C@@H](OCc3ccc(OC)cc3)[C@H](OC(=O)[C@@H](OC(C)=O)c3ccccc3)[C@H](O)[C@H](OCc3ccccc3)[C@H]2OCc2ccccc2)cc1. The topological polar surface area (TPSA) is 128 Å². The second-order valence-corrected chi connectivity index (χ2v) is 13.6. The van der Waals surface area contributed by atoms with Crippen LogP contribution in [-0.2, 0) is 64.4 Å². The second kappa shape index (κ2) is 20.6. The van der Waals surface area contributed by atoms with Crippen LogP contribution in [0.15, 0.2) is 140 Å². The fraction of sp³-hybridized carbons (Fsp3) is 0.304. The van der Waals surface area contributed by atoms with E-state index in [1.54, 1.807) is 44.6 Å². The zero-order valence-electron chi connectivity index (χ0n) is 32.2. The van der Waals surface area contributed by atoms with E-state index in [4.69, 9.17) is 37.9 Å². The van der Waals surface area contributed by atoms with Crippen molar-refractivity contribution in [1.82, 2.24) is 0 Å². The van der Waals surface area contributed by atoms with Crippen molar-refractivity contribution in [2.75, 3.05) is 14.2 Å². The lowest BCUT2D eigenvalue weighted by atomic mass is 9.83. The van der Waals surface area contributed by atoms with Crippen LogP contribution in [0.2, 0.25) is 0 Å². The van der Waals surface area contributed by atoms with Crippen LogP contribution in [0.1, 0.15) is 40.8 Å². The van der Waals surface area contributed by atoms with Gasteiger partial charge in [-0.25, -0.2) is 4.79 Å². The van der Waals surface area contributed by atoms with Crippen LogP contribution in [0.5, 0.6) is 11.5 Å². The number of esters is 2. The Kier molecular flexibility index (Phi) is 14.8. The van der Waals surface area contributed by atoms with E-state index in [9.17, 15) is 14.7 Å². The molecule has 0 aromatic heterocycles. The Balaban J connectivity index is 1.40. The summed E-state index contributed by atoms with van der Waals surface area (Å²) in [5.74, 6) is -0.231. The third-order valence-corrected chi connectivity index (χ3v) is 9.59. The predicted molar refractivity (Wildman–Crippen MR) is 210 cm³/mol. The van der Waals surface area contributed by atoms with Crippen molar-refractivity contribution in [3.63, 3.8) is 0 Å². The van der Waals surface area contributed by atoms with Crippen LogP contribution < -0.4 is 9.47 Å². The van der Waals surface area contributed by atoms with Crippen LogP contribution in [0.25, 0.3) is 0 Å². The number of carbonyl (C=O) groups excluding carboxylic acids is 2. The van der Waals surface area contributed by atoms with Crippen molar-refractivity contribution in [2.45, 2.75) is 76.1 Å². The molecule has 5 aromatic carbocycles. The van der Waals surface area contributed by atoms with Crippen LogP contribution in [0, 0.1) is 0 Å². The molecule has 57 heavy (non-hydrogen) atoms. The van der Waals surface area contributed by atoms with Gasteiger partial charge < -0.3 is 43.0 Å². The minimum absolute atomic E-state index is 0.0465. The summed E-state index contributed by atoms with van der Waals surface area (Å²) in [6.07, 6.45) is -8.40. The molecule has 0 bridgehead atoms. The molecule has 11 nitrogen and oxygen atoms in total. The normalized spacial score (nSPS) is 20.9. The van der Waals surface area contributed by atoms with Crippen molar-refractivity contribution < 1.29 is 52.6 Å². The molecule has 11 heteroatoms. The molecule has 5 aromatic rings. The third kappa shape index (κ3) is 11.3. The summed E-state index contributed by atoms with van der Waals surface area (Å²) in [6.45, 7) is 1.63. The molecule has 7 atom stereocenters. The first-order chi connectivity index (χ1) is 27.8. The molecule has 0 unspecified atom stereocenters. The predicted octanol–water partition coefficient (Wildman–Crippen LogP) is 6.94. The van der Waals surface area contributed by atoms with E-state index in [1.807, 2.05) is 109 Å². The van der Waals surface area contributed by atoms with Gasteiger partial charge in [-0.15, -0.1) is 0 Å². The van der Waals surface area contributed by atoms with E-state index >= 15 is 0 Å². The highest BCUT2D eigenvalue weighted by Gasteiger charge is 2.55. The van der Waals surface area contributed by atoms with Crippen LogP contribution in [0.4, 0.5) is 0 Å². The van der Waals surface area contributed by atoms with E-state index in [0.717, 1.165) is 22.3 Å². The van der Waals surface area contributed by atoms with Crippen LogP contribution >= 0.6 is 0 Å². The Labute approximate surface area is 333 Å². The lowest BCUT2D eigenvalue weighted by molar-refractivity contribution is -0.279. The monoisotopic (exact) mass is 776 g/mol. The van der Waals surface area contributed by atoms with E-state index in [0.29, 0.717) is 17.1 Å². The molecule has 1 saturated carbocycles. The number of methoxy groups -OCH3 is 2. The number of aliphatic hydroxyl groups is 1. The average Bonchev–Trinajstić information content (AvgIpc) is 3.25. The molecule has 0 amide bonds. The summed E-state index contributed by atoms with van der Waals surface area (Å²) < 4.78 is 49.1. The molecule has 1 aliphatic rings. The maximum Gasteiger partial charge on any atom is 0.352 e. The summed E-state index contributed by atoms with van der Waals surface area (Å²) >= 11 is 0. The fourth-order valence-corrected chi connectivity index (χ4v) is 6.64. The van der Waals surface area contributed by atoms with Gasteiger partial charge in [-0.3, -0.25) is 4.79 Å². The lowest BCUT2D eigenvalue weighted by Crippen LogP contribution is -2.67. The first kappa shape index (κ1) is 41.1. The lowest BCUT2D eigenvalue weighted by Gasteiger charge is -2.48. The van der Waals surface area contributed by atoms with Gasteiger partial charge in [0, 0.05) is 12.5 Å². The second-order valence-electron chi connectivity index (χ2n) is 13.6. The molecular weight excluding hydrogens is 728 g/mol. The van der Waals surface area contributed by atoms with E-state index < -0.39 is 54.7 Å². The molecule has 298 valence electrons. The van der Waals surface area contributed by atoms with Crippen molar-refractivity contribution in [2.24, 2.45) is 0 Å². The van der Waals surface area contributed by atoms with Gasteiger partial charge in [-0.05, 0) is 46.5 Å². The van der Waals surface area contributed by atoms with Gasteiger partial charge >= 0.3 is 11.9 Å².